The van der Waals surface area contributed by atoms with Crippen molar-refractivity contribution in [2.24, 2.45) is 29.6 Å². The fraction of sp³-hybridized carbons (Fsp3) is 0.479. The lowest BCUT2D eigenvalue weighted by molar-refractivity contribution is -0.277. The summed E-state index contributed by atoms with van der Waals surface area (Å²) in [6.45, 7) is 8.04. The van der Waals surface area contributed by atoms with Crippen molar-refractivity contribution in [1.29, 1.82) is 0 Å². The highest BCUT2D eigenvalue weighted by Gasteiger charge is 2.51. The standard InChI is InChI=1S/C73H85ClN8O22/c1-29(2)14-43(82(7)72(99)104-73(4,5)6)65(93)80-57-59(88)34-9-12-46(30(3)15-34)100-48-23-38-24-49(64(48)103-71-63(92)62(91)61(90)50(28-83)102-71)101-47-13-10-35(22-42(47)74)60(89)58-70(98)79-56(69(97)77-53-36-17-31-16-32(19-36)20-37(53)18-31)41-25-39(84)26-45(86)52(41)40-21-33(8-11-44(40)85)54(67(95)81-58)78-68(96)55(38)76-51(87)27-75-66(57)94/h8-13,15,21-26,29,31-32,36-37,43,50,53-63,71,83-86,88-92H,14,16-20,27-28H2,1-7H3,(H,75,94)(H,76,87)(H,77,97)(H,78,96)(H,79,98)(H,80,93)(H,81,95)/t31?,32?,36?,37?,43-,50-,53?,54+,55-,56+,57-,58+,59-,60-,61-,62+,63-,71?/m1/s1. The van der Waals surface area contributed by atoms with Crippen LogP contribution in [0.25, 0.3) is 11.1 Å². The molecule has 31 heteroatoms. The number of aryl methyl sites for hydroxylation is 1. The van der Waals surface area contributed by atoms with E-state index in [1.807, 2.05) is 0 Å². The lowest BCUT2D eigenvalue weighted by atomic mass is 9.54. The van der Waals surface area contributed by atoms with Gasteiger partial charge in [0, 0.05) is 30.3 Å². The zero-order valence-corrected chi connectivity index (χ0v) is 58.5. The summed E-state index contributed by atoms with van der Waals surface area (Å²) in [5.41, 5.74) is -2.36. The van der Waals surface area contributed by atoms with Crippen LogP contribution in [-0.4, -0.2) is 179 Å². The van der Waals surface area contributed by atoms with Gasteiger partial charge in [0.05, 0.1) is 18.2 Å². The van der Waals surface area contributed by atoms with Gasteiger partial charge in [0.2, 0.25) is 53.4 Å². The zero-order chi connectivity index (χ0) is 74.8. The van der Waals surface area contributed by atoms with Gasteiger partial charge in [-0.3, -0.25) is 38.5 Å². The fourth-order valence-corrected chi connectivity index (χ4v) is 15.7. The van der Waals surface area contributed by atoms with Crippen LogP contribution in [0.2, 0.25) is 5.02 Å². The number of rotatable bonds is 10. The minimum Gasteiger partial charge on any atom is -0.508 e. The molecule has 13 atom stereocenters. The van der Waals surface area contributed by atoms with E-state index < -0.39 is 180 Å². The monoisotopic (exact) mass is 1460 g/mol. The molecule has 6 heterocycles. The third-order valence-corrected chi connectivity index (χ3v) is 20.7. The molecule has 16 N–H and O–H groups in total. The summed E-state index contributed by atoms with van der Waals surface area (Å²) in [4.78, 5) is 121. The van der Waals surface area contributed by atoms with Gasteiger partial charge in [0.25, 0.3) is 0 Å². The summed E-state index contributed by atoms with van der Waals surface area (Å²) in [6.07, 6.45) is -9.89. The van der Waals surface area contributed by atoms with Gasteiger partial charge in [-0.15, -0.1) is 0 Å². The molecule has 30 nitrogen and oxygen atoms in total. The zero-order valence-electron chi connectivity index (χ0n) is 57.8. The highest BCUT2D eigenvalue weighted by Crippen LogP contribution is 2.55. The molecular formula is C73H85ClN8O22. The van der Waals surface area contributed by atoms with E-state index in [9.17, 15) is 65.1 Å². The number of ether oxygens (including phenoxy) is 5. The number of carbonyl (C=O) groups excluding carboxylic acids is 8. The predicted molar refractivity (Wildman–Crippen MR) is 366 cm³/mol. The Morgan fingerprint density at radius 1 is 0.673 bits per heavy atom. The first-order valence-corrected chi connectivity index (χ1v) is 34.8. The van der Waals surface area contributed by atoms with Crippen LogP contribution in [0.15, 0.2) is 78.9 Å². The summed E-state index contributed by atoms with van der Waals surface area (Å²) < 4.78 is 31.0. The molecule has 4 saturated carbocycles. The third kappa shape index (κ3) is 15.2. The summed E-state index contributed by atoms with van der Waals surface area (Å²) in [7, 11) is 1.33. The van der Waals surface area contributed by atoms with Crippen LogP contribution in [-0.2, 0) is 43.0 Å². The number of aliphatic hydroxyl groups excluding tert-OH is 6. The van der Waals surface area contributed by atoms with Gasteiger partial charge in [0.15, 0.2) is 11.5 Å². The van der Waals surface area contributed by atoms with Crippen molar-refractivity contribution in [3.63, 3.8) is 0 Å². The molecule has 10 aliphatic rings. The molecule has 6 aliphatic heterocycles. The van der Waals surface area contributed by atoms with Gasteiger partial charge in [0.1, 0.15) is 107 Å². The second kappa shape index (κ2) is 29.5. The highest BCUT2D eigenvalue weighted by atomic mass is 35.5. The van der Waals surface area contributed by atoms with E-state index in [4.69, 9.17) is 35.3 Å². The maximum absolute atomic E-state index is 15.9. The summed E-state index contributed by atoms with van der Waals surface area (Å²) >= 11 is 7.10. The van der Waals surface area contributed by atoms with Gasteiger partial charge in [-0.1, -0.05) is 43.6 Å². The van der Waals surface area contributed by atoms with Gasteiger partial charge in [-0.05, 0) is 184 Å². The number of phenols is 3. The number of likely N-dealkylation sites (N-methyl/N-ethyl adjacent to an activating group) is 1. The second-order valence-electron chi connectivity index (χ2n) is 29.5. The van der Waals surface area contributed by atoms with Gasteiger partial charge in [-0.25, -0.2) is 4.79 Å². The summed E-state index contributed by atoms with van der Waals surface area (Å²) in [5.74, 6) is -10.7. The number of halogens is 1. The Morgan fingerprint density at radius 2 is 1.30 bits per heavy atom. The van der Waals surface area contributed by atoms with Crippen LogP contribution in [0, 0.1) is 36.5 Å². The quantitative estimate of drug-likeness (QED) is 0.0945. The summed E-state index contributed by atoms with van der Waals surface area (Å²) in [6, 6.07) is 3.69. The number of aromatic hydroxyl groups is 3. The number of nitrogens with one attached hydrogen (secondary N) is 7. The molecule has 104 heavy (non-hydrogen) atoms. The van der Waals surface area contributed by atoms with Crippen molar-refractivity contribution in [3.8, 4) is 57.1 Å². The SMILES string of the molecule is Cc1cc2ccc1Oc1cc3cc(c1OC1O[C@H](CO)[C@@H](O)[C@H](O)[C@H]1O)Oc1ccc(cc1Cl)[C@@H](O)[C@@H]1NC(=O)[C@@H](NC(=O)[C@@H]3NC(=O)CNC(=O)[C@H](NC(=O)[C@@H](CC(C)C)N(C)C(=O)OC(C)(C)C)[C@@H]2O)c2ccc(O)c(c2)-c2c(O)cc(O)cc2[C@@H](C(=O)NC2C3CC4CC(C3)CC2C4)NC1=O. The smallest absolute Gasteiger partial charge is 0.410 e. The molecular weight excluding hydrogens is 1380 g/mol. The Labute approximate surface area is 601 Å². The maximum Gasteiger partial charge on any atom is 0.410 e. The van der Waals surface area contributed by atoms with E-state index in [1.54, 1.807) is 34.6 Å². The normalized spacial score (nSPS) is 29.1. The minimum atomic E-state index is -2.15. The average molecular weight is 1460 g/mol. The van der Waals surface area contributed by atoms with Crippen LogP contribution in [0.1, 0.15) is 137 Å². The number of nitrogens with zero attached hydrogens (tertiary/aromatic N) is 1. The molecule has 0 aromatic heterocycles. The van der Waals surface area contributed by atoms with E-state index in [-0.39, 0.29) is 91.2 Å². The Morgan fingerprint density at radius 3 is 1.93 bits per heavy atom. The number of amides is 8. The number of phenolic OH excluding ortho intramolecular Hbond substituents is 3. The first-order valence-electron chi connectivity index (χ1n) is 34.4. The predicted octanol–water partition coefficient (Wildman–Crippen LogP) is 3.78. The van der Waals surface area contributed by atoms with Gasteiger partial charge in [-0.2, -0.15) is 0 Å². The lowest BCUT2D eigenvalue weighted by Crippen LogP contribution is -2.60. The molecule has 5 fully saturated rings. The number of hydrogen-bond donors (Lipinski definition) is 16. The molecule has 5 aromatic rings. The minimum absolute atomic E-state index is 0.000657. The number of carbonyl (C=O) groups is 8. The Bertz CT molecular complexity index is 4200. The molecule has 15 rings (SSSR count). The molecule has 8 amide bonds. The number of aliphatic hydroxyl groups is 6. The van der Waals surface area contributed by atoms with E-state index >= 15 is 19.2 Å². The van der Waals surface area contributed by atoms with Crippen molar-refractivity contribution >= 4 is 59.0 Å². The Kier molecular flexibility index (Phi) is 21.1. The number of hydrogen-bond acceptors (Lipinski definition) is 22. The third-order valence-electron chi connectivity index (χ3n) is 20.4. The van der Waals surface area contributed by atoms with E-state index in [0.717, 1.165) is 67.3 Å². The largest absolute Gasteiger partial charge is 0.508 e. The van der Waals surface area contributed by atoms with E-state index in [2.05, 4.69) is 37.2 Å². The molecule has 15 bridgehead atoms. The van der Waals surface area contributed by atoms with Crippen molar-refractivity contribution in [2.75, 3.05) is 20.2 Å². The molecule has 556 valence electrons. The van der Waals surface area contributed by atoms with Crippen LogP contribution < -0.4 is 51.4 Å². The molecule has 4 aliphatic carbocycles. The first kappa shape index (κ1) is 74.2. The maximum atomic E-state index is 15.9. The van der Waals surface area contributed by atoms with Crippen molar-refractivity contribution in [3.05, 3.63) is 117 Å². The lowest BCUT2D eigenvalue weighted by Gasteiger charge is -2.54. The van der Waals surface area contributed by atoms with Crippen LogP contribution in [0.5, 0.6) is 46.0 Å². The molecule has 1 unspecified atom stereocenters. The van der Waals surface area contributed by atoms with Gasteiger partial charge >= 0.3 is 6.09 Å². The number of fused-ring (bicyclic) bond motifs is 15. The van der Waals surface area contributed by atoms with Crippen molar-refractivity contribution in [2.45, 2.75) is 171 Å². The van der Waals surface area contributed by atoms with Crippen molar-refractivity contribution in [1.82, 2.24) is 42.1 Å². The molecule has 0 spiro atoms. The van der Waals surface area contributed by atoms with Crippen LogP contribution in [0.4, 0.5) is 4.79 Å². The van der Waals surface area contributed by atoms with E-state index in [0.29, 0.717) is 11.8 Å². The van der Waals surface area contributed by atoms with Crippen LogP contribution in [0.3, 0.4) is 0 Å². The topological polar surface area (TPSA) is 452 Å². The first-order chi connectivity index (χ1) is 49.2. The second-order valence-corrected chi connectivity index (χ2v) is 29.9. The molecule has 5 aromatic carbocycles. The Balaban J connectivity index is 1.01. The summed E-state index contributed by atoms with van der Waals surface area (Å²) in [5, 5.41) is 122. The fourth-order valence-electron chi connectivity index (χ4n) is 15.4. The average Bonchev–Trinajstić information content (AvgIpc) is 0.765. The molecule has 0 radical (unpaired) electrons. The number of benzene rings is 5. The van der Waals surface area contributed by atoms with Crippen LogP contribution >= 0.6 is 11.6 Å². The Hall–Kier alpha value is -9.53. The van der Waals surface area contributed by atoms with Gasteiger partial charge < -0.3 is 107 Å². The molecule has 1 saturated heterocycles. The highest BCUT2D eigenvalue weighted by molar-refractivity contribution is 6.32. The van der Waals surface area contributed by atoms with E-state index in [1.165, 1.54) is 62.5 Å². The van der Waals surface area contributed by atoms with Crippen molar-refractivity contribution < 1.29 is 108 Å².